The summed E-state index contributed by atoms with van der Waals surface area (Å²) in [5.41, 5.74) is 5.41. The molecule has 0 saturated carbocycles. The van der Waals surface area contributed by atoms with E-state index in [1.165, 1.54) is 0 Å². The zero-order valence-corrected chi connectivity index (χ0v) is 17.1. The zero-order chi connectivity index (χ0) is 21.1. The van der Waals surface area contributed by atoms with Gasteiger partial charge in [-0.05, 0) is 54.8 Å². The lowest BCUT2D eigenvalue weighted by molar-refractivity contribution is 0.0946. The van der Waals surface area contributed by atoms with Crippen LogP contribution in [-0.2, 0) is 13.0 Å². The van der Waals surface area contributed by atoms with Gasteiger partial charge in [-0.15, -0.1) is 0 Å². The van der Waals surface area contributed by atoms with E-state index in [-0.39, 0.29) is 11.8 Å². The first-order valence-electron chi connectivity index (χ1n) is 9.98. The number of fused-ring (bicyclic) bond motifs is 1. The summed E-state index contributed by atoms with van der Waals surface area (Å²) in [6.07, 6.45) is 0.807. The second kappa shape index (κ2) is 8.41. The van der Waals surface area contributed by atoms with E-state index in [9.17, 15) is 9.59 Å². The van der Waals surface area contributed by atoms with Gasteiger partial charge < -0.3 is 15.0 Å². The van der Waals surface area contributed by atoms with Crippen LogP contribution in [0.25, 0.3) is 0 Å². The minimum Gasteiger partial charge on any atom is -0.496 e. The third-order valence-electron chi connectivity index (χ3n) is 5.39. The van der Waals surface area contributed by atoms with Crippen molar-refractivity contribution in [2.24, 2.45) is 0 Å². The summed E-state index contributed by atoms with van der Waals surface area (Å²) in [5, 5.41) is 2.95. The van der Waals surface area contributed by atoms with Crippen LogP contribution in [-0.4, -0.2) is 25.5 Å². The van der Waals surface area contributed by atoms with Gasteiger partial charge in [0.2, 0.25) is 0 Å². The predicted octanol–water partition coefficient (Wildman–Crippen LogP) is 4.14. The Bertz CT molecular complexity index is 1090. The van der Waals surface area contributed by atoms with Gasteiger partial charge in [-0.25, -0.2) is 0 Å². The molecule has 0 saturated heterocycles. The van der Waals surface area contributed by atoms with E-state index in [0.717, 1.165) is 28.8 Å². The highest BCUT2D eigenvalue weighted by atomic mass is 16.5. The molecular weight excluding hydrogens is 376 g/mol. The highest BCUT2D eigenvalue weighted by Crippen LogP contribution is 2.30. The van der Waals surface area contributed by atoms with E-state index in [1.807, 2.05) is 60.4 Å². The van der Waals surface area contributed by atoms with Crippen molar-refractivity contribution in [2.75, 3.05) is 18.6 Å². The van der Waals surface area contributed by atoms with E-state index in [1.54, 1.807) is 19.2 Å². The second-order valence-corrected chi connectivity index (χ2v) is 7.42. The Kier molecular flexibility index (Phi) is 5.53. The molecule has 1 aliphatic rings. The molecule has 0 radical (unpaired) electrons. The summed E-state index contributed by atoms with van der Waals surface area (Å²) in [5.74, 6) is 0.393. The van der Waals surface area contributed by atoms with Gasteiger partial charge in [0.05, 0.1) is 12.7 Å². The minimum atomic E-state index is -0.177. The number of carbonyl (C=O) groups is 2. The van der Waals surface area contributed by atoms with Crippen LogP contribution in [0, 0.1) is 6.92 Å². The van der Waals surface area contributed by atoms with Gasteiger partial charge in [-0.1, -0.05) is 42.0 Å². The molecule has 0 atom stereocenters. The summed E-state index contributed by atoms with van der Waals surface area (Å²) in [4.78, 5) is 27.2. The Morgan fingerprint density at radius 1 is 1.03 bits per heavy atom. The van der Waals surface area contributed by atoms with Gasteiger partial charge in [0, 0.05) is 24.3 Å². The largest absolute Gasteiger partial charge is 0.496 e. The number of para-hydroxylation sites is 1. The topological polar surface area (TPSA) is 58.6 Å². The Labute approximate surface area is 176 Å². The van der Waals surface area contributed by atoms with Crippen molar-refractivity contribution in [1.29, 1.82) is 0 Å². The van der Waals surface area contributed by atoms with Gasteiger partial charge in [-0.2, -0.15) is 0 Å². The van der Waals surface area contributed by atoms with Crippen LogP contribution in [0.3, 0.4) is 0 Å². The van der Waals surface area contributed by atoms with Gasteiger partial charge in [-0.3, -0.25) is 9.59 Å². The molecule has 2 amide bonds. The second-order valence-electron chi connectivity index (χ2n) is 7.42. The van der Waals surface area contributed by atoms with E-state index >= 15 is 0 Å². The monoisotopic (exact) mass is 400 g/mol. The number of anilines is 1. The molecule has 4 rings (SSSR count). The summed E-state index contributed by atoms with van der Waals surface area (Å²) in [6, 6.07) is 20.8. The van der Waals surface area contributed by atoms with Gasteiger partial charge in [0.25, 0.3) is 11.8 Å². The summed E-state index contributed by atoms with van der Waals surface area (Å²) in [7, 11) is 1.55. The number of hydrogen-bond acceptors (Lipinski definition) is 3. The first kappa shape index (κ1) is 19.7. The van der Waals surface area contributed by atoms with E-state index in [2.05, 4.69) is 11.4 Å². The summed E-state index contributed by atoms with van der Waals surface area (Å²) in [6.45, 7) is 3.09. The molecule has 0 aliphatic carbocycles. The number of methoxy groups -OCH3 is 1. The zero-order valence-electron chi connectivity index (χ0n) is 17.1. The van der Waals surface area contributed by atoms with E-state index < -0.39 is 0 Å². The Balaban J connectivity index is 1.45. The van der Waals surface area contributed by atoms with E-state index in [4.69, 9.17) is 4.74 Å². The Hall–Kier alpha value is -3.60. The number of nitrogens with zero attached hydrogens (tertiary/aromatic N) is 1. The number of amides is 2. The maximum Gasteiger partial charge on any atom is 0.258 e. The van der Waals surface area contributed by atoms with Crippen LogP contribution in [0.15, 0.2) is 66.7 Å². The molecule has 0 fully saturated rings. The molecule has 152 valence electrons. The third-order valence-corrected chi connectivity index (χ3v) is 5.39. The molecule has 30 heavy (non-hydrogen) atoms. The molecule has 1 heterocycles. The number of rotatable bonds is 5. The van der Waals surface area contributed by atoms with Crippen molar-refractivity contribution in [3.63, 3.8) is 0 Å². The molecular formula is C25H24N2O3. The highest BCUT2D eigenvalue weighted by molar-refractivity contribution is 6.07. The molecule has 0 bridgehead atoms. The number of hydrogen-bond donors (Lipinski definition) is 1. The quantitative estimate of drug-likeness (QED) is 0.700. The standard InChI is InChI=1S/C25H24N2O3/c1-17-7-10-19(11-8-17)25(29)27-14-13-20-15-18(9-12-22(20)27)16-26-24(28)21-5-3-4-6-23(21)30-2/h3-12,15H,13-14,16H2,1-2H3,(H,26,28). The number of benzene rings is 3. The van der Waals surface area contributed by atoms with Crippen LogP contribution in [0.4, 0.5) is 5.69 Å². The lowest BCUT2D eigenvalue weighted by atomic mass is 10.1. The number of nitrogens with one attached hydrogen (secondary N) is 1. The first-order chi connectivity index (χ1) is 14.6. The van der Waals surface area contributed by atoms with Gasteiger partial charge in [0.15, 0.2) is 0 Å². The number of ether oxygens (including phenoxy) is 1. The molecule has 0 spiro atoms. The number of carbonyl (C=O) groups excluding carboxylic acids is 2. The molecule has 0 aromatic heterocycles. The molecule has 5 heteroatoms. The van der Waals surface area contributed by atoms with Crippen LogP contribution < -0.4 is 15.0 Å². The maximum atomic E-state index is 12.9. The lowest BCUT2D eigenvalue weighted by Crippen LogP contribution is -2.28. The normalized spacial score (nSPS) is 12.4. The SMILES string of the molecule is COc1ccccc1C(=O)NCc1ccc2c(c1)CCN2C(=O)c1ccc(C)cc1. The van der Waals surface area contributed by atoms with Crippen LogP contribution in [0.2, 0.25) is 0 Å². The van der Waals surface area contributed by atoms with Crippen LogP contribution in [0.1, 0.15) is 37.4 Å². The van der Waals surface area contributed by atoms with Crippen molar-refractivity contribution < 1.29 is 14.3 Å². The number of aryl methyl sites for hydroxylation is 1. The van der Waals surface area contributed by atoms with Gasteiger partial charge >= 0.3 is 0 Å². The Morgan fingerprint density at radius 2 is 1.80 bits per heavy atom. The smallest absolute Gasteiger partial charge is 0.258 e. The average molecular weight is 400 g/mol. The van der Waals surface area contributed by atoms with Gasteiger partial charge in [0.1, 0.15) is 5.75 Å². The fraction of sp³-hybridized carbons (Fsp3) is 0.200. The molecule has 3 aromatic rings. The third kappa shape index (κ3) is 3.92. The Morgan fingerprint density at radius 3 is 2.57 bits per heavy atom. The average Bonchev–Trinajstić information content (AvgIpc) is 3.20. The van der Waals surface area contributed by atoms with Crippen molar-refractivity contribution in [2.45, 2.75) is 19.9 Å². The van der Waals surface area contributed by atoms with Crippen molar-refractivity contribution in [3.8, 4) is 5.75 Å². The summed E-state index contributed by atoms with van der Waals surface area (Å²) >= 11 is 0. The fourth-order valence-corrected chi connectivity index (χ4v) is 3.74. The first-order valence-corrected chi connectivity index (χ1v) is 9.98. The fourth-order valence-electron chi connectivity index (χ4n) is 3.74. The molecule has 1 N–H and O–H groups in total. The maximum absolute atomic E-state index is 12.9. The van der Waals surface area contributed by atoms with Crippen molar-refractivity contribution in [3.05, 3.63) is 94.5 Å². The molecule has 3 aromatic carbocycles. The van der Waals surface area contributed by atoms with Crippen molar-refractivity contribution >= 4 is 17.5 Å². The predicted molar refractivity (Wildman–Crippen MR) is 117 cm³/mol. The molecule has 1 aliphatic heterocycles. The minimum absolute atomic E-state index is 0.0194. The lowest BCUT2D eigenvalue weighted by Gasteiger charge is -2.18. The van der Waals surface area contributed by atoms with E-state index in [0.29, 0.717) is 30.0 Å². The van der Waals surface area contributed by atoms with Crippen LogP contribution in [0.5, 0.6) is 5.75 Å². The molecule has 0 unspecified atom stereocenters. The van der Waals surface area contributed by atoms with Crippen molar-refractivity contribution in [1.82, 2.24) is 5.32 Å². The molecule has 5 nitrogen and oxygen atoms in total. The summed E-state index contributed by atoms with van der Waals surface area (Å²) < 4.78 is 5.26. The highest BCUT2D eigenvalue weighted by Gasteiger charge is 2.25. The van der Waals surface area contributed by atoms with Crippen LogP contribution >= 0.6 is 0 Å².